The van der Waals surface area contributed by atoms with E-state index in [1.54, 1.807) is 12.1 Å². The number of ether oxygens (including phenoxy) is 2. The van der Waals surface area contributed by atoms with E-state index in [1.807, 2.05) is 73.7 Å². The molecule has 0 saturated carbocycles. The van der Waals surface area contributed by atoms with Gasteiger partial charge in [0.05, 0.1) is 30.6 Å². The van der Waals surface area contributed by atoms with Gasteiger partial charge in [0.25, 0.3) is 18.4 Å². The van der Waals surface area contributed by atoms with Crippen LogP contribution >= 0.6 is 0 Å². The van der Waals surface area contributed by atoms with E-state index in [0.717, 1.165) is 21.5 Å². The van der Waals surface area contributed by atoms with Crippen LogP contribution in [0.4, 0.5) is 0 Å². The highest BCUT2D eigenvalue weighted by Crippen LogP contribution is 2.39. The van der Waals surface area contributed by atoms with Crippen LogP contribution in [0.5, 0.6) is 0 Å². The maximum Gasteiger partial charge on any atom is 0.297 e. The molecule has 1 unspecified atom stereocenters. The average molecular weight is 647 g/mol. The minimum absolute atomic E-state index is 0.00755. The first-order valence-corrected chi connectivity index (χ1v) is 18.5. The summed E-state index contributed by atoms with van der Waals surface area (Å²) in [7, 11) is -7.19. The van der Waals surface area contributed by atoms with Gasteiger partial charge in [0, 0.05) is 0 Å². The Morgan fingerprint density at radius 1 is 0.778 bits per heavy atom. The molecule has 4 aromatic rings. The molecule has 0 aromatic heterocycles. The fourth-order valence-corrected chi connectivity index (χ4v) is 11.7. The average Bonchev–Trinajstić information content (AvgIpc) is 3.31. The Hall–Kier alpha value is -3.15. The Labute approximate surface area is 268 Å². The van der Waals surface area contributed by atoms with Crippen LogP contribution in [0.15, 0.2) is 120 Å². The number of hydrogen-bond donors (Lipinski definition) is 1. The first-order chi connectivity index (χ1) is 21.5. The van der Waals surface area contributed by atoms with Crippen LogP contribution in [0.1, 0.15) is 31.9 Å². The molecule has 0 aliphatic carbocycles. The number of hydrogen-bond acceptors (Lipinski definition) is 7. The van der Waals surface area contributed by atoms with Crippen molar-refractivity contribution in [2.24, 2.45) is 5.92 Å². The van der Waals surface area contributed by atoms with Crippen molar-refractivity contribution >= 4 is 28.8 Å². The van der Waals surface area contributed by atoms with Crippen LogP contribution in [0, 0.1) is 12.8 Å². The molecule has 1 N–H and O–H groups in total. The lowest BCUT2D eigenvalue weighted by atomic mass is 10.0. The van der Waals surface area contributed by atoms with Gasteiger partial charge in [0.1, 0.15) is 12.2 Å². The van der Waals surface area contributed by atoms with Gasteiger partial charge >= 0.3 is 0 Å². The van der Waals surface area contributed by atoms with Gasteiger partial charge in [-0.05, 0) is 40.0 Å². The van der Waals surface area contributed by atoms with E-state index in [4.69, 9.17) is 18.1 Å². The van der Waals surface area contributed by atoms with Crippen molar-refractivity contribution in [2.75, 3.05) is 13.2 Å². The van der Waals surface area contributed by atoms with Crippen molar-refractivity contribution in [1.29, 1.82) is 0 Å². The van der Waals surface area contributed by atoms with Crippen LogP contribution in [0.2, 0.25) is 5.04 Å². The molecule has 45 heavy (non-hydrogen) atoms. The SMILES string of the molecule is Cc1ccc(S(=O)(=O)O[C@H]2[C@@H](CO[Si](c3ccccc3)(c3ccccc3)C(C)(C)C)OC(O)[C@@H]2COCc2ccccc2)cc1. The second kappa shape index (κ2) is 14.1. The van der Waals surface area contributed by atoms with Gasteiger partial charge in [-0.25, -0.2) is 0 Å². The summed E-state index contributed by atoms with van der Waals surface area (Å²) in [4.78, 5) is 0.0325. The minimum atomic E-state index is -4.20. The molecule has 7 nitrogen and oxygen atoms in total. The largest absolute Gasteiger partial charge is 0.405 e. The van der Waals surface area contributed by atoms with E-state index in [0.29, 0.717) is 6.61 Å². The second-order valence-corrected chi connectivity index (χ2v) is 18.4. The van der Waals surface area contributed by atoms with E-state index in [1.165, 1.54) is 12.1 Å². The Morgan fingerprint density at radius 2 is 1.31 bits per heavy atom. The van der Waals surface area contributed by atoms with Gasteiger partial charge in [-0.15, -0.1) is 0 Å². The normalized spacial score (nSPS) is 20.7. The number of benzene rings is 4. The Balaban J connectivity index is 1.47. The smallest absolute Gasteiger partial charge is 0.297 e. The molecule has 1 heterocycles. The second-order valence-electron chi connectivity index (χ2n) is 12.5. The molecular weight excluding hydrogens is 605 g/mol. The third kappa shape index (κ3) is 7.47. The summed E-state index contributed by atoms with van der Waals surface area (Å²) < 4.78 is 52.2. The zero-order chi connectivity index (χ0) is 32.1. The van der Waals surface area contributed by atoms with E-state index < -0.39 is 42.9 Å². The summed E-state index contributed by atoms with van der Waals surface area (Å²) in [5.41, 5.74) is 1.89. The lowest BCUT2D eigenvalue weighted by molar-refractivity contribution is -0.124. The van der Waals surface area contributed by atoms with Gasteiger partial charge in [0.15, 0.2) is 6.29 Å². The predicted octanol–water partition coefficient (Wildman–Crippen LogP) is 5.20. The topological polar surface area (TPSA) is 91.3 Å². The van der Waals surface area contributed by atoms with Gasteiger partial charge in [-0.2, -0.15) is 8.42 Å². The molecule has 1 fully saturated rings. The van der Waals surface area contributed by atoms with E-state index in [9.17, 15) is 13.5 Å². The van der Waals surface area contributed by atoms with E-state index in [2.05, 4.69) is 45.0 Å². The van der Waals surface area contributed by atoms with Crippen LogP contribution in [-0.4, -0.2) is 53.6 Å². The lowest BCUT2D eigenvalue weighted by Crippen LogP contribution is -2.67. The summed E-state index contributed by atoms with van der Waals surface area (Å²) in [6.07, 6.45) is -3.25. The van der Waals surface area contributed by atoms with Gasteiger partial charge in [-0.3, -0.25) is 4.18 Å². The van der Waals surface area contributed by atoms with Gasteiger partial charge in [-0.1, -0.05) is 129 Å². The molecule has 1 aliphatic heterocycles. The van der Waals surface area contributed by atoms with Crippen molar-refractivity contribution in [3.8, 4) is 0 Å². The number of aliphatic hydroxyl groups is 1. The van der Waals surface area contributed by atoms with Gasteiger partial charge in [0.2, 0.25) is 0 Å². The first kappa shape index (κ1) is 33.2. The highest BCUT2D eigenvalue weighted by atomic mass is 32.2. The molecule has 0 spiro atoms. The molecule has 238 valence electrons. The monoisotopic (exact) mass is 646 g/mol. The lowest BCUT2D eigenvalue weighted by Gasteiger charge is -2.43. The minimum Gasteiger partial charge on any atom is -0.405 e. The first-order valence-electron chi connectivity index (χ1n) is 15.2. The van der Waals surface area contributed by atoms with Gasteiger partial charge < -0.3 is 19.0 Å². The Kier molecular flexibility index (Phi) is 10.4. The number of rotatable bonds is 12. The molecule has 0 radical (unpaired) electrons. The molecular formula is C36H42O7SSi. The molecule has 5 rings (SSSR count). The maximum atomic E-state index is 13.6. The third-order valence-corrected chi connectivity index (χ3v) is 14.6. The summed E-state index contributed by atoms with van der Waals surface area (Å²) in [5, 5.41) is 13.0. The number of aliphatic hydroxyl groups excluding tert-OH is 1. The molecule has 9 heteroatoms. The molecule has 1 aliphatic rings. The standard InChI is InChI=1S/C36H42O7SSi/c1-27-20-22-29(23-21-27)44(38,39)43-34-32(25-40-24-28-14-8-5-9-15-28)35(37)42-33(34)26-41-45(36(2,3)4,30-16-10-6-11-17-30)31-18-12-7-13-19-31/h5-23,32-35,37H,24-26H2,1-4H3/t32-,33-,34-,35?/m1/s1. The zero-order valence-electron chi connectivity index (χ0n) is 26.2. The summed E-state index contributed by atoms with van der Waals surface area (Å²) in [6.45, 7) is 8.72. The zero-order valence-corrected chi connectivity index (χ0v) is 28.0. The third-order valence-electron chi connectivity index (χ3n) is 8.32. The highest BCUT2D eigenvalue weighted by molar-refractivity contribution is 7.86. The van der Waals surface area contributed by atoms with Crippen LogP contribution in [0.3, 0.4) is 0 Å². The fourth-order valence-electron chi connectivity index (χ4n) is 6.00. The van der Waals surface area contributed by atoms with Crippen molar-refractivity contribution < 1.29 is 31.6 Å². The van der Waals surface area contributed by atoms with Crippen molar-refractivity contribution in [2.45, 2.75) is 62.7 Å². The predicted molar refractivity (Wildman–Crippen MR) is 177 cm³/mol. The van der Waals surface area contributed by atoms with Crippen LogP contribution < -0.4 is 10.4 Å². The van der Waals surface area contributed by atoms with Crippen molar-refractivity contribution in [3.63, 3.8) is 0 Å². The molecule has 0 bridgehead atoms. The fraction of sp³-hybridized carbons (Fsp3) is 0.333. The van der Waals surface area contributed by atoms with Crippen LogP contribution in [-0.2, 0) is 34.8 Å². The van der Waals surface area contributed by atoms with Crippen molar-refractivity contribution in [1.82, 2.24) is 0 Å². The van der Waals surface area contributed by atoms with Crippen molar-refractivity contribution in [3.05, 3.63) is 126 Å². The summed E-state index contributed by atoms with van der Waals surface area (Å²) in [6, 6.07) is 36.5. The Bertz CT molecular complexity index is 1570. The molecule has 1 saturated heterocycles. The molecule has 4 aromatic carbocycles. The Morgan fingerprint density at radius 3 is 1.84 bits per heavy atom. The van der Waals surface area contributed by atoms with E-state index >= 15 is 0 Å². The van der Waals surface area contributed by atoms with Crippen LogP contribution in [0.25, 0.3) is 0 Å². The number of aryl methyl sites for hydroxylation is 1. The highest BCUT2D eigenvalue weighted by Gasteiger charge is 2.53. The molecule has 4 atom stereocenters. The van der Waals surface area contributed by atoms with E-state index in [-0.39, 0.29) is 23.1 Å². The summed E-state index contributed by atoms with van der Waals surface area (Å²) in [5.74, 6) is -0.776. The quantitative estimate of drug-likeness (QED) is 0.167. The summed E-state index contributed by atoms with van der Waals surface area (Å²) >= 11 is 0. The molecule has 0 amide bonds. The maximum absolute atomic E-state index is 13.6.